The third kappa shape index (κ3) is 11.1. The summed E-state index contributed by atoms with van der Waals surface area (Å²) in [4.78, 5) is 22.9. The van der Waals surface area contributed by atoms with Crippen molar-refractivity contribution in [2.24, 2.45) is 5.92 Å². The number of carbonyl (C=O) groups excluding carboxylic acids is 2. The van der Waals surface area contributed by atoms with Crippen LogP contribution in [0.1, 0.15) is 46.0 Å². The molecule has 0 saturated heterocycles. The van der Waals surface area contributed by atoms with Crippen LogP contribution in [-0.4, -0.2) is 31.2 Å². The summed E-state index contributed by atoms with van der Waals surface area (Å²) in [6, 6.07) is -0.891. The van der Waals surface area contributed by atoms with Gasteiger partial charge in [-0.2, -0.15) is 0 Å². The molecule has 1 rings (SSSR count). The van der Waals surface area contributed by atoms with Crippen molar-refractivity contribution in [3.05, 3.63) is 7.43 Å². The average molecular weight is 377 g/mol. The van der Waals surface area contributed by atoms with Crippen LogP contribution in [-0.2, 0) is 42.2 Å². The van der Waals surface area contributed by atoms with Crippen LogP contribution in [0, 0.1) is 13.3 Å². The van der Waals surface area contributed by atoms with E-state index in [1.165, 1.54) is 32.1 Å². The van der Waals surface area contributed by atoms with Crippen molar-refractivity contribution in [2.75, 3.05) is 13.2 Å². The standard InChI is InChI=1S/C13H24N2O3.CH3.H3N.Y/c1-3-18-12(16)10(2)15-13(17)14-9-11-7-5-4-6-8-11;;;/h10-11H,3-9H2,1-2H3,(H2,14,15,17);2*1H3;/q;-1;;. The number of ether oxygens (including phenoxy) is 1. The van der Waals surface area contributed by atoms with Crippen molar-refractivity contribution < 1.29 is 47.0 Å². The average Bonchev–Trinajstić information content (AvgIpc) is 2.38. The molecule has 2 amide bonds. The summed E-state index contributed by atoms with van der Waals surface area (Å²) < 4.78 is 4.82. The third-order valence-corrected chi connectivity index (χ3v) is 3.26. The van der Waals surface area contributed by atoms with E-state index < -0.39 is 12.0 Å². The van der Waals surface area contributed by atoms with E-state index in [-0.39, 0.29) is 52.3 Å². The van der Waals surface area contributed by atoms with Crippen LogP contribution in [0.5, 0.6) is 0 Å². The van der Waals surface area contributed by atoms with Gasteiger partial charge in [-0.15, -0.1) is 0 Å². The van der Waals surface area contributed by atoms with Gasteiger partial charge >= 0.3 is 12.0 Å². The van der Waals surface area contributed by atoms with Crippen molar-refractivity contribution in [3.8, 4) is 0 Å². The van der Waals surface area contributed by atoms with E-state index in [9.17, 15) is 9.59 Å². The normalized spacial score (nSPS) is 15.3. The fourth-order valence-corrected chi connectivity index (χ4v) is 2.20. The minimum absolute atomic E-state index is 0. The Bertz CT molecular complexity index is 285. The van der Waals surface area contributed by atoms with Gasteiger partial charge in [0.2, 0.25) is 0 Å². The number of amides is 2. The van der Waals surface area contributed by atoms with Crippen molar-refractivity contribution >= 4 is 12.0 Å². The van der Waals surface area contributed by atoms with Gasteiger partial charge in [-0.25, -0.2) is 9.59 Å². The monoisotopic (exact) mass is 377 g/mol. The Kier molecular flexibility index (Phi) is 18.1. The summed E-state index contributed by atoms with van der Waals surface area (Å²) in [6.07, 6.45) is 6.20. The zero-order chi connectivity index (χ0) is 13.4. The molecule has 123 valence electrons. The largest absolute Gasteiger partial charge is 0.464 e. The smallest absolute Gasteiger partial charge is 0.328 e. The van der Waals surface area contributed by atoms with Gasteiger partial charge < -0.3 is 28.9 Å². The van der Waals surface area contributed by atoms with Gasteiger partial charge in [0.1, 0.15) is 6.04 Å². The maximum atomic E-state index is 11.6. The number of hydrogen-bond acceptors (Lipinski definition) is 4. The summed E-state index contributed by atoms with van der Waals surface area (Å²) >= 11 is 0. The number of nitrogens with one attached hydrogen (secondary N) is 2. The van der Waals surface area contributed by atoms with Gasteiger partial charge in [0.05, 0.1) is 6.61 Å². The molecule has 1 aliphatic carbocycles. The molecule has 1 radical (unpaired) electrons. The molecule has 1 saturated carbocycles. The van der Waals surface area contributed by atoms with Gasteiger partial charge in [0, 0.05) is 39.3 Å². The van der Waals surface area contributed by atoms with E-state index >= 15 is 0 Å². The second-order valence-electron chi connectivity index (χ2n) is 4.83. The van der Waals surface area contributed by atoms with E-state index in [4.69, 9.17) is 4.74 Å². The number of rotatable bonds is 5. The predicted octanol–water partition coefficient (Wildman–Crippen LogP) is 2.43. The Morgan fingerprint density at radius 2 is 1.81 bits per heavy atom. The van der Waals surface area contributed by atoms with Crippen LogP contribution in [0.4, 0.5) is 4.79 Å². The number of hydrogen-bond donors (Lipinski definition) is 3. The molecule has 0 heterocycles. The molecule has 6 nitrogen and oxygen atoms in total. The number of esters is 1. The quantitative estimate of drug-likeness (QED) is 0.506. The Morgan fingerprint density at radius 3 is 2.33 bits per heavy atom. The van der Waals surface area contributed by atoms with Crippen molar-refractivity contribution in [3.63, 3.8) is 0 Å². The third-order valence-electron chi connectivity index (χ3n) is 3.26. The molecule has 21 heavy (non-hydrogen) atoms. The number of carbonyl (C=O) groups is 2. The Balaban J connectivity index is -0.00000108. The van der Waals surface area contributed by atoms with Gasteiger partial charge in [-0.3, -0.25) is 0 Å². The first-order valence-corrected chi connectivity index (χ1v) is 6.84. The summed E-state index contributed by atoms with van der Waals surface area (Å²) in [5, 5.41) is 5.40. The SMILES string of the molecule is CCOC(=O)C(C)NC(=O)NCC1CCCCC1.N.[CH3-].[Y]. The van der Waals surface area contributed by atoms with E-state index in [1.54, 1.807) is 13.8 Å². The van der Waals surface area contributed by atoms with Crippen LogP contribution in [0.2, 0.25) is 0 Å². The Labute approximate surface area is 154 Å². The molecule has 7 heteroatoms. The molecule has 0 aromatic carbocycles. The molecule has 0 spiro atoms. The summed E-state index contributed by atoms with van der Waals surface area (Å²) in [5.74, 6) is 0.188. The van der Waals surface area contributed by atoms with E-state index in [2.05, 4.69) is 10.6 Å². The zero-order valence-corrected chi connectivity index (χ0v) is 16.5. The second kappa shape index (κ2) is 14.7. The fraction of sp³-hybridized carbons (Fsp3) is 0.786. The first-order chi connectivity index (χ1) is 8.63. The second-order valence-corrected chi connectivity index (χ2v) is 4.83. The van der Waals surface area contributed by atoms with Crippen molar-refractivity contribution in [2.45, 2.75) is 52.0 Å². The first kappa shape index (κ1) is 25.7. The fourth-order valence-electron chi connectivity index (χ4n) is 2.20. The molecule has 1 unspecified atom stereocenters. The van der Waals surface area contributed by atoms with Crippen LogP contribution < -0.4 is 16.8 Å². The molecule has 0 aromatic heterocycles. The molecule has 0 aromatic rings. The molecule has 1 aliphatic rings. The van der Waals surface area contributed by atoms with E-state index in [1.807, 2.05) is 0 Å². The molecule has 1 fully saturated rings. The maximum absolute atomic E-state index is 11.6. The van der Waals surface area contributed by atoms with Crippen LogP contribution in [0.15, 0.2) is 0 Å². The number of urea groups is 1. The molecule has 0 aliphatic heterocycles. The summed E-state index contributed by atoms with van der Waals surface area (Å²) in [6.45, 7) is 4.39. The molecule has 1 atom stereocenters. The van der Waals surface area contributed by atoms with Crippen molar-refractivity contribution in [1.29, 1.82) is 0 Å². The first-order valence-electron chi connectivity index (χ1n) is 6.84. The van der Waals surface area contributed by atoms with E-state index in [0.717, 1.165) is 0 Å². The maximum Gasteiger partial charge on any atom is 0.328 e. The zero-order valence-electron chi connectivity index (χ0n) is 13.6. The predicted molar refractivity (Wildman–Crippen MR) is 80.6 cm³/mol. The van der Waals surface area contributed by atoms with Gasteiger partial charge in [-0.1, -0.05) is 19.3 Å². The Morgan fingerprint density at radius 1 is 1.24 bits per heavy atom. The van der Waals surface area contributed by atoms with Crippen molar-refractivity contribution in [1.82, 2.24) is 16.8 Å². The topological polar surface area (TPSA) is 102 Å². The molecular weight excluding hydrogens is 347 g/mol. The molecule has 5 N–H and O–H groups in total. The van der Waals surface area contributed by atoms with Gasteiger partial charge in [0.15, 0.2) is 0 Å². The van der Waals surface area contributed by atoms with Gasteiger partial charge in [0.25, 0.3) is 0 Å². The van der Waals surface area contributed by atoms with Crippen LogP contribution in [0.3, 0.4) is 0 Å². The van der Waals surface area contributed by atoms with Crippen LogP contribution >= 0.6 is 0 Å². The van der Waals surface area contributed by atoms with E-state index in [0.29, 0.717) is 19.1 Å². The van der Waals surface area contributed by atoms with Crippen LogP contribution in [0.25, 0.3) is 0 Å². The molecular formula is C14H30N3O3Y-. The minimum Gasteiger partial charge on any atom is -0.464 e. The minimum atomic E-state index is -0.601. The summed E-state index contributed by atoms with van der Waals surface area (Å²) in [5.41, 5.74) is 0. The summed E-state index contributed by atoms with van der Waals surface area (Å²) in [7, 11) is 0. The Hall–Kier alpha value is -0.196. The van der Waals surface area contributed by atoms with Gasteiger partial charge in [-0.05, 0) is 32.6 Å². The molecule has 0 bridgehead atoms.